The van der Waals surface area contributed by atoms with Crippen LogP contribution >= 0.6 is 34.8 Å². The number of amidine groups is 1. The number of carbonyl (C=O) groups excluding carboxylic acids is 1. The van der Waals surface area contributed by atoms with E-state index in [1.54, 1.807) is 0 Å². The molecule has 0 aliphatic carbocycles. The van der Waals surface area contributed by atoms with Crippen molar-refractivity contribution in [2.24, 2.45) is 0 Å². The fraction of sp³-hybridized carbons (Fsp3) is 0.500. The van der Waals surface area contributed by atoms with Crippen molar-refractivity contribution in [1.82, 2.24) is 10.9 Å². The number of alkyl halides is 3. The van der Waals surface area contributed by atoms with E-state index in [1.165, 1.54) is 6.92 Å². The molecule has 0 unspecified atom stereocenters. The molecule has 0 atom stereocenters. The van der Waals surface area contributed by atoms with Crippen LogP contribution in [0.1, 0.15) is 6.92 Å². The van der Waals surface area contributed by atoms with Crippen molar-refractivity contribution in [3.63, 3.8) is 0 Å². The summed E-state index contributed by atoms with van der Waals surface area (Å²) < 4.78 is -1.83. The Morgan fingerprint density at radius 3 is 2.09 bits per heavy atom. The van der Waals surface area contributed by atoms with Crippen molar-refractivity contribution >= 4 is 46.5 Å². The van der Waals surface area contributed by atoms with Crippen LogP contribution < -0.4 is 10.9 Å². The van der Waals surface area contributed by atoms with Gasteiger partial charge in [0.2, 0.25) is 9.70 Å². The molecule has 0 aromatic heterocycles. The van der Waals surface area contributed by atoms with Crippen molar-refractivity contribution in [3.05, 3.63) is 0 Å². The number of hydrogen-bond donors (Lipinski definition) is 3. The predicted molar refractivity (Wildman–Crippen MR) is 45.0 cm³/mol. The molecule has 0 aliphatic rings. The van der Waals surface area contributed by atoms with Crippen LogP contribution in [0.2, 0.25) is 0 Å². The van der Waals surface area contributed by atoms with Gasteiger partial charge in [-0.1, -0.05) is 34.8 Å². The third-order valence-electron chi connectivity index (χ3n) is 0.647. The summed E-state index contributed by atoms with van der Waals surface area (Å²) in [6, 6.07) is 0. The largest absolute Gasteiger partial charge is 0.283 e. The van der Waals surface area contributed by atoms with E-state index >= 15 is 0 Å². The summed E-state index contributed by atoms with van der Waals surface area (Å²) in [6.07, 6.45) is 0. The van der Waals surface area contributed by atoms with Gasteiger partial charge >= 0.3 is 0 Å². The van der Waals surface area contributed by atoms with E-state index in [0.717, 1.165) is 0 Å². The van der Waals surface area contributed by atoms with Crippen LogP contribution in [0.25, 0.3) is 0 Å². The van der Waals surface area contributed by atoms with E-state index in [2.05, 4.69) is 10.9 Å². The van der Waals surface area contributed by atoms with Gasteiger partial charge in [0.15, 0.2) is 5.84 Å². The van der Waals surface area contributed by atoms with E-state index in [-0.39, 0.29) is 5.91 Å². The van der Waals surface area contributed by atoms with Gasteiger partial charge in [0, 0.05) is 6.92 Å². The highest BCUT2D eigenvalue weighted by Crippen LogP contribution is 2.25. The molecule has 11 heavy (non-hydrogen) atoms. The first-order valence-corrected chi connectivity index (χ1v) is 3.65. The topological polar surface area (TPSA) is 65.0 Å². The van der Waals surface area contributed by atoms with Gasteiger partial charge in [0.25, 0.3) is 0 Å². The molecule has 0 aromatic carbocycles. The molecule has 0 radical (unpaired) electrons. The van der Waals surface area contributed by atoms with E-state index < -0.39 is 9.63 Å². The number of carbonyl (C=O) groups is 1. The zero-order valence-corrected chi connectivity index (χ0v) is 7.81. The molecule has 7 heteroatoms. The Bertz CT molecular complexity index is 176. The standard InChI is InChI=1S/C4H6Cl3N3O/c1-2(11)9-10-3(8)4(5,6)7/h1H3,(H2,8,10)(H,9,11). The van der Waals surface area contributed by atoms with Crippen molar-refractivity contribution in [3.8, 4) is 0 Å². The highest BCUT2D eigenvalue weighted by molar-refractivity contribution is 6.76. The summed E-state index contributed by atoms with van der Waals surface area (Å²) in [6.45, 7) is 1.26. The Labute approximate surface area is 78.7 Å². The summed E-state index contributed by atoms with van der Waals surface area (Å²) in [5.74, 6) is -0.776. The van der Waals surface area contributed by atoms with Crippen LogP contribution in [0.5, 0.6) is 0 Å². The zero-order valence-electron chi connectivity index (χ0n) is 5.54. The van der Waals surface area contributed by atoms with Crippen molar-refractivity contribution < 1.29 is 4.79 Å². The fourth-order valence-corrected chi connectivity index (χ4v) is 0.363. The van der Waals surface area contributed by atoms with E-state index in [9.17, 15) is 4.79 Å². The van der Waals surface area contributed by atoms with Gasteiger partial charge in [-0.3, -0.25) is 21.1 Å². The SMILES string of the molecule is CC(=O)NNC(=N)C(Cl)(Cl)Cl. The lowest BCUT2D eigenvalue weighted by atomic mass is 10.7. The predicted octanol–water partition coefficient (Wildman–Crippen LogP) is 0.975. The van der Waals surface area contributed by atoms with E-state index in [4.69, 9.17) is 40.2 Å². The van der Waals surface area contributed by atoms with Crippen molar-refractivity contribution in [2.45, 2.75) is 10.7 Å². The molecule has 1 amide bonds. The third-order valence-corrected chi connectivity index (χ3v) is 1.21. The first kappa shape index (κ1) is 10.8. The second-order valence-electron chi connectivity index (χ2n) is 1.68. The Morgan fingerprint density at radius 2 is 1.82 bits per heavy atom. The summed E-state index contributed by atoms with van der Waals surface area (Å²) in [4.78, 5) is 10.3. The average molecular weight is 218 g/mol. The number of rotatable bonds is 0. The van der Waals surface area contributed by atoms with E-state index in [0.29, 0.717) is 0 Å². The Morgan fingerprint density at radius 1 is 1.36 bits per heavy atom. The lowest BCUT2D eigenvalue weighted by Gasteiger charge is -2.13. The molecule has 0 heterocycles. The molecule has 0 bridgehead atoms. The lowest BCUT2D eigenvalue weighted by Crippen LogP contribution is -2.45. The maximum absolute atomic E-state index is 10.3. The number of nitrogens with one attached hydrogen (secondary N) is 3. The van der Waals surface area contributed by atoms with Gasteiger partial charge in [-0.15, -0.1) is 0 Å². The molecule has 0 fully saturated rings. The van der Waals surface area contributed by atoms with Crippen LogP contribution in [0.3, 0.4) is 0 Å². The maximum Gasteiger partial charge on any atom is 0.248 e. The molecular formula is C4H6Cl3N3O. The lowest BCUT2D eigenvalue weighted by molar-refractivity contribution is -0.119. The van der Waals surface area contributed by atoms with Gasteiger partial charge < -0.3 is 0 Å². The minimum Gasteiger partial charge on any atom is -0.283 e. The first-order valence-electron chi connectivity index (χ1n) is 2.52. The van der Waals surface area contributed by atoms with Crippen LogP contribution in [-0.2, 0) is 4.79 Å². The van der Waals surface area contributed by atoms with E-state index in [1.807, 2.05) is 0 Å². The second-order valence-corrected chi connectivity index (χ2v) is 3.96. The average Bonchev–Trinajstić information content (AvgIpc) is 1.80. The normalized spacial score (nSPS) is 10.5. The Balaban J connectivity index is 3.80. The number of hydrogen-bond acceptors (Lipinski definition) is 2. The molecule has 4 nitrogen and oxygen atoms in total. The monoisotopic (exact) mass is 217 g/mol. The Hall–Kier alpha value is -0.190. The molecule has 0 saturated carbocycles. The summed E-state index contributed by atoms with van der Waals surface area (Å²) >= 11 is 15.8. The fourth-order valence-electron chi connectivity index (χ4n) is 0.221. The Kier molecular flexibility index (Phi) is 3.92. The molecule has 3 N–H and O–H groups in total. The highest BCUT2D eigenvalue weighted by atomic mass is 35.6. The van der Waals surface area contributed by atoms with Gasteiger partial charge in [-0.25, -0.2) is 0 Å². The van der Waals surface area contributed by atoms with Crippen LogP contribution in [-0.4, -0.2) is 15.5 Å². The molecular weight excluding hydrogens is 212 g/mol. The maximum atomic E-state index is 10.3. The molecule has 0 saturated heterocycles. The quantitative estimate of drug-likeness (QED) is 0.246. The third kappa shape index (κ3) is 5.12. The van der Waals surface area contributed by atoms with Crippen molar-refractivity contribution in [2.75, 3.05) is 0 Å². The number of hydrazine groups is 1. The smallest absolute Gasteiger partial charge is 0.248 e. The number of halogens is 3. The summed E-state index contributed by atoms with van der Waals surface area (Å²) in [5, 5.41) is 7.01. The van der Waals surface area contributed by atoms with Gasteiger partial charge in [0.1, 0.15) is 0 Å². The summed E-state index contributed by atoms with van der Waals surface area (Å²) in [5.41, 5.74) is 4.19. The molecule has 0 spiro atoms. The molecule has 0 aromatic rings. The zero-order chi connectivity index (χ0) is 9.07. The van der Waals surface area contributed by atoms with Gasteiger partial charge in [-0.05, 0) is 0 Å². The minimum atomic E-state index is -1.83. The first-order chi connectivity index (χ1) is 4.84. The van der Waals surface area contributed by atoms with Crippen molar-refractivity contribution in [1.29, 1.82) is 5.41 Å². The minimum absolute atomic E-state index is 0.371. The van der Waals surface area contributed by atoms with Crippen LogP contribution in [0.15, 0.2) is 0 Å². The number of amides is 1. The van der Waals surface area contributed by atoms with Gasteiger partial charge in [-0.2, -0.15) is 0 Å². The molecule has 0 rings (SSSR count). The van der Waals surface area contributed by atoms with Crippen LogP contribution in [0, 0.1) is 5.41 Å². The van der Waals surface area contributed by atoms with Gasteiger partial charge in [0.05, 0.1) is 0 Å². The second kappa shape index (κ2) is 3.99. The van der Waals surface area contributed by atoms with Crippen LogP contribution in [0.4, 0.5) is 0 Å². The highest BCUT2D eigenvalue weighted by Gasteiger charge is 2.26. The molecule has 64 valence electrons. The molecule has 0 aliphatic heterocycles. The summed E-state index contributed by atoms with van der Waals surface area (Å²) in [7, 11) is 0.